The number of fused-ring (bicyclic) bond motifs is 1. The van der Waals surface area contributed by atoms with E-state index in [-0.39, 0.29) is 0 Å². The molecule has 1 N–H and O–H groups in total. The van der Waals surface area contributed by atoms with Crippen molar-refractivity contribution in [3.63, 3.8) is 0 Å². The van der Waals surface area contributed by atoms with Gasteiger partial charge >= 0.3 is 0 Å². The standard InChI is InChI=1S/C11H14.C2H4O2/c1-9-6-7-10-4-2-3-5-11(10)8-9;1-2(3)4/h6-8H,2-5H2,1H3;1H3,(H,3,4). The quantitative estimate of drug-likeness (QED) is 0.708. The van der Waals surface area contributed by atoms with E-state index in [1.165, 1.54) is 31.2 Å². The van der Waals surface area contributed by atoms with E-state index in [1.807, 2.05) is 0 Å². The summed E-state index contributed by atoms with van der Waals surface area (Å²) in [5, 5.41) is 7.42. The minimum Gasteiger partial charge on any atom is -0.481 e. The summed E-state index contributed by atoms with van der Waals surface area (Å²) in [5.41, 5.74) is 4.59. The topological polar surface area (TPSA) is 37.3 Å². The predicted molar refractivity (Wildman–Crippen MR) is 61.1 cm³/mol. The zero-order valence-corrected chi connectivity index (χ0v) is 9.42. The molecule has 0 atom stereocenters. The zero-order chi connectivity index (χ0) is 11.3. The third-order valence-corrected chi connectivity index (χ3v) is 2.50. The summed E-state index contributed by atoms with van der Waals surface area (Å²) < 4.78 is 0. The van der Waals surface area contributed by atoms with Crippen molar-refractivity contribution in [2.24, 2.45) is 0 Å². The molecule has 1 aromatic rings. The van der Waals surface area contributed by atoms with Crippen molar-refractivity contribution in [3.05, 3.63) is 34.9 Å². The first-order valence-electron chi connectivity index (χ1n) is 5.37. The Hall–Kier alpha value is -1.31. The van der Waals surface area contributed by atoms with Crippen LogP contribution in [0.1, 0.15) is 36.5 Å². The maximum atomic E-state index is 9.00. The molecule has 1 aromatic carbocycles. The number of carboxylic acids is 1. The molecule has 0 aromatic heterocycles. The van der Waals surface area contributed by atoms with Gasteiger partial charge in [-0.3, -0.25) is 4.79 Å². The van der Waals surface area contributed by atoms with Crippen LogP contribution in [0, 0.1) is 6.92 Å². The number of hydrogen-bond acceptors (Lipinski definition) is 1. The van der Waals surface area contributed by atoms with Crippen LogP contribution in [0.3, 0.4) is 0 Å². The second kappa shape index (κ2) is 5.54. The van der Waals surface area contributed by atoms with Crippen molar-refractivity contribution >= 4 is 5.97 Å². The minimum absolute atomic E-state index is 0.833. The molecule has 2 heteroatoms. The molecular formula is C13H18O2. The fraction of sp³-hybridized carbons (Fsp3) is 0.462. The van der Waals surface area contributed by atoms with Crippen molar-refractivity contribution in [1.29, 1.82) is 0 Å². The highest BCUT2D eigenvalue weighted by Gasteiger charge is 2.07. The van der Waals surface area contributed by atoms with Gasteiger partial charge in [0.15, 0.2) is 0 Å². The summed E-state index contributed by atoms with van der Waals surface area (Å²) in [7, 11) is 0. The molecule has 0 saturated heterocycles. The second-order valence-corrected chi connectivity index (χ2v) is 4.00. The Morgan fingerprint density at radius 2 is 1.73 bits per heavy atom. The Balaban J connectivity index is 0.000000245. The minimum atomic E-state index is -0.833. The first-order chi connectivity index (χ1) is 7.09. The molecule has 0 fully saturated rings. The summed E-state index contributed by atoms with van der Waals surface area (Å²) in [4.78, 5) is 9.00. The van der Waals surface area contributed by atoms with Gasteiger partial charge in [-0.25, -0.2) is 0 Å². The summed E-state index contributed by atoms with van der Waals surface area (Å²) >= 11 is 0. The smallest absolute Gasteiger partial charge is 0.300 e. The highest BCUT2D eigenvalue weighted by Crippen LogP contribution is 2.21. The molecule has 0 unspecified atom stereocenters. The molecule has 0 heterocycles. The third kappa shape index (κ3) is 4.15. The van der Waals surface area contributed by atoms with E-state index in [9.17, 15) is 0 Å². The number of carboxylic acid groups (broad SMARTS) is 1. The maximum absolute atomic E-state index is 9.00. The van der Waals surface area contributed by atoms with Gasteiger partial charge in [-0.2, -0.15) is 0 Å². The van der Waals surface area contributed by atoms with Gasteiger partial charge in [0.05, 0.1) is 0 Å². The van der Waals surface area contributed by atoms with Crippen molar-refractivity contribution in [1.82, 2.24) is 0 Å². The number of aliphatic carboxylic acids is 1. The van der Waals surface area contributed by atoms with Crippen LogP contribution in [0.15, 0.2) is 18.2 Å². The van der Waals surface area contributed by atoms with Gasteiger partial charge in [-0.05, 0) is 43.7 Å². The molecule has 1 aliphatic rings. The number of carbonyl (C=O) groups is 1. The number of hydrogen-bond donors (Lipinski definition) is 1. The van der Waals surface area contributed by atoms with E-state index in [1.54, 1.807) is 11.1 Å². The normalized spacial score (nSPS) is 13.5. The maximum Gasteiger partial charge on any atom is 0.300 e. The molecular weight excluding hydrogens is 188 g/mol. The lowest BCUT2D eigenvalue weighted by atomic mass is 9.91. The first-order valence-corrected chi connectivity index (χ1v) is 5.37. The van der Waals surface area contributed by atoms with Gasteiger partial charge in [0.2, 0.25) is 0 Å². The molecule has 2 rings (SSSR count). The van der Waals surface area contributed by atoms with E-state index in [0.29, 0.717) is 0 Å². The van der Waals surface area contributed by atoms with Gasteiger partial charge < -0.3 is 5.11 Å². The van der Waals surface area contributed by atoms with Crippen molar-refractivity contribution in [2.75, 3.05) is 0 Å². The average Bonchev–Trinajstić information content (AvgIpc) is 2.16. The average molecular weight is 206 g/mol. The van der Waals surface area contributed by atoms with Gasteiger partial charge in [-0.1, -0.05) is 23.8 Å². The van der Waals surface area contributed by atoms with Gasteiger partial charge in [0.25, 0.3) is 5.97 Å². The molecule has 0 amide bonds. The Bertz CT molecular complexity index is 338. The van der Waals surface area contributed by atoms with Crippen molar-refractivity contribution in [2.45, 2.75) is 39.5 Å². The molecule has 0 bridgehead atoms. The second-order valence-electron chi connectivity index (χ2n) is 4.00. The number of rotatable bonds is 0. The number of aryl methyl sites for hydroxylation is 3. The van der Waals surface area contributed by atoms with E-state index in [0.717, 1.165) is 6.92 Å². The molecule has 0 aliphatic heterocycles. The molecule has 0 saturated carbocycles. The Kier molecular flexibility index (Phi) is 4.35. The SMILES string of the molecule is CC(=O)O.Cc1ccc2c(c1)CCCC2. The highest BCUT2D eigenvalue weighted by molar-refractivity contribution is 5.62. The largest absolute Gasteiger partial charge is 0.481 e. The highest BCUT2D eigenvalue weighted by atomic mass is 16.4. The van der Waals surface area contributed by atoms with Gasteiger partial charge in [0, 0.05) is 6.92 Å². The van der Waals surface area contributed by atoms with Crippen LogP contribution in [0.25, 0.3) is 0 Å². The summed E-state index contributed by atoms with van der Waals surface area (Å²) in [5.74, 6) is -0.833. The van der Waals surface area contributed by atoms with Crippen molar-refractivity contribution in [3.8, 4) is 0 Å². The van der Waals surface area contributed by atoms with Crippen LogP contribution < -0.4 is 0 Å². The summed E-state index contributed by atoms with van der Waals surface area (Å²) in [6.07, 6.45) is 5.37. The van der Waals surface area contributed by atoms with E-state index < -0.39 is 5.97 Å². The lowest BCUT2D eigenvalue weighted by molar-refractivity contribution is -0.134. The number of benzene rings is 1. The van der Waals surface area contributed by atoms with Crippen LogP contribution in [0.5, 0.6) is 0 Å². The molecule has 1 aliphatic carbocycles. The van der Waals surface area contributed by atoms with Crippen LogP contribution in [-0.4, -0.2) is 11.1 Å². The lowest BCUT2D eigenvalue weighted by Crippen LogP contribution is -2.01. The fourth-order valence-corrected chi connectivity index (χ4v) is 1.86. The Morgan fingerprint density at radius 1 is 1.20 bits per heavy atom. The third-order valence-electron chi connectivity index (χ3n) is 2.50. The van der Waals surface area contributed by atoms with Crippen LogP contribution >= 0.6 is 0 Å². The Labute approximate surface area is 90.9 Å². The van der Waals surface area contributed by atoms with Crippen LogP contribution in [0.2, 0.25) is 0 Å². The van der Waals surface area contributed by atoms with E-state index >= 15 is 0 Å². The molecule has 82 valence electrons. The van der Waals surface area contributed by atoms with Crippen molar-refractivity contribution < 1.29 is 9.90 Å². The first kappa shape index (κ1) is 11.8. The summed E-state index contributed by atoms with van der Waals surface area (Å²) in [6, 6.07) is 6.86. The summed E-state index contributed by atoms with van der Waals surface area (Å²) in [6.45, 7) is 3.26. The Morgan fingerprint density at radius 3 is 2.33 bits per heavy atom. The molecule has 2 nitrogen and oxygen atoms in total. The fourth-order valence-electron chi connectivity index (χ4n) is 1.86. The van der Waals surface area contributed by atoms with E-state index in [4.69, 9.17) is 9.90 Å². The van der Waals surface area contributed by atoms with Crippen LogP contribution in [0.4, 0.5) is 0 Å². The van der Waals surface area contributed by atoms with Gasteiger partial charge in [0.1, 0.15) is 0 Å². The van der Waals surface area contributed by atoms with Gasteiger partial charge in [-0.15, -0.1) is 0 Å². The van der Waals surface area contributed by atoms with E-state index in [2.05, 4.69) is 25.1 Å². The predicted octanol–water partition coefficient (Wildman–Crippen LogP) is 2.96. The zero-order valence-electron chi connectivity index (χ0n) is 9.42. The molecule has 15 heavy (non-hydrogen) atoms. The lowest BCUT2D eigenvalue weighted by Gasteiger charge is -2.15. The molecule has 0 radical (unpaired) electrons. The van der Waals surface area contributed by atoms with Crippen LogP contribution in [-0.2, 0) is 17.6 Å². The molecule has 0 spiro atoms. The monoisotopic (exact) mass is 206 g/mol.